The largest absolute Gasteiger partial charge is 0.418 e. The van der Waals surface area contributed by atoms with Crippen LogP contribution in [-0.2, 0) is 6.18 Å². The van der Waals surface area contributed by atoms with Crippen molar-refractivity contribution in [2.75, 3.05) is 11.1 Å². The second-order valence-corrected chi connectivity index (χ2v) is 4.62. The van der Waals surface area contributed by atoms with E-state index in [1.54, 1.807) is 24.3 Å². The number of halogens is 3. The minimum atomic E-state index is -4.47. The molecule has 0 saturated carbocycles. The Labute approximate surface area is 123 Å². The van der Waals surface area contributed by atoms with Crippen LogP contribution >= 0.6 is 0 Å². The molecule has 0 saturated heterocycles. The molecule has 0 atom stereocenters. The van der Waals surface area contributed by atoms with E-state index < -0.39 is 11.7 Å². The molecule has 3 aromatic rings. The molecule has 1 aromatic heterocycles. The first-order valence-electron chi connectivity index (χ1n) is 6.40. The molecule has 0 aliphatic carbocycles. The van der Waals surface area contributed by atoms with Gasteiger partial charge in [0.15, 0.2) is 0 Å². The summed E-state index contributed by atoms with van der Waals surface area (Å²) in [5, 5.41) is 3.24. The van der Waals surface area contributed by atoms with Crippen LogP contribution in [0.5, 0.6) is 0 Å². The summed E-state index contributed by atoms with van der Waals surface area (Å²) in [6.07, 6.45) is -4.47. The van der Waals surface area contributed by atoms with E-state index in [0.29, 0.717) is 10.9 Å². The minimum absolute atomic E-state index is 0.0212. The lowest BCUT2D eigenvalue weighted by molar-refractivity contribution is -0.136. The number of nitrogens with zero attached hydrogens (tertiary/aromatic N) is 2. The lowest BCUT2D eigenvalue weighted by Crippen LogP contribution is -2.10. The number of hydrogen-bond donors (Lipinski definition) is 2. The van der Waals surface area contributed by atoms with Gasteiger partial charge in [0, 0.05) is 5.39 Å². The highest BCUT2D eigenvalue weighted by Crippen LogP contribution is 2.35. The van der Waals surface area contributed by atoms with Crippen LogP contribution in [0.15, 0.2) is 48.5 Å². The predicted octanol–water partition coefficient (Wildman–Crippen LogP) is 3.97. The van der Waals surface area contributed by atoms with Crippen LogP contribution in [0.4, 0.5) is 30.6 Å². The van der Waals surface area contributed by atoms with Gasteiger partial charge < -0.3 is 11.1 Å². The van der Waals surface area contributed by atoms with Crippen molar-refractivity contribution in [3.63, 3.8) is 0 Å². The maximum absolute atomic E-state index is 13.0. The highest BCUT2D eigenvalue weighted by molar-refractivity contribution is 5.89. The van der Waals surface area contributed by atoms with Crippen LogP contribution in [0.3, 0.4) is 0 Å². The molecule has 0 amide bonds. The first-order valence-corrected chi connectivity index (χ1v) is 6.40. The summed E-state index contributed by atoms with van der Waals surface area (Å²) in [7, 11) is 0. The fourth-order valence-corrected chi connectivity index (χ4v) is 2.12. The zero-order valence-corrected chi connectivity index (χ0v) is 11.2. The van der Waals surface area contributed by atoms with Crippen molar-refractivity contribution < 1.29 is 13.2 Å². The summed E-state index contributed by atoms with van der Waals surface area (Å²) in [6, 6.07) is 12.2. The molecule has 1 heterocycles. The van der Waals surface area contributed by atoms with Gasteiger partial charge >= 0.3 is 6.18 Å². The van der Waals surface area contributed by atoms with Gasteiger partial charge in [0.1, 0.15) is 5.82 Å². The molecule has 22 heavy (non-hydrogen) atoms. The minimum Gasteiger partial charge on any atom is -0.383 e. The summed E-state index contributed by atoms with van der Waals surface area (Å²) < 4.78 is 38.9. The molecule has 0 fully saturated rings. The zero-order valence-electron chi connectivity index (χ0n) is 11.2. The maximum atomic E-state index is 13.0. The van der Waals surface area contributed by atoms with E-state index in [4.69, 9.17) is 5.73 Å². The number of nitrogens with two attached hydrogens (primary N) is 1. The Morgan fingerprint density at radius 1 is 0.909 bits per heavy atom. The van der Waals surface area contributed by atoms with Crippen molar-refractivity contribution in [2.24, 2.45) is 0 Å². The molecular weight excluding hydrogens is 293 g/mol. The van der Waals surface area contributed by atoms with Gasteiger partial charge in [-0.15, -0.1) is 0 Å². The van der Waals surface area contributed by atoms with Gasteiger partial charge in [-0.25, -0.2) is 4.98 Å². The van der Waals surface area contributed by atoms with Crippen LogP contribution in [-0.4, -0.2) is 9.97 Å². The molecule has 7 heteroatoms. The summed E-state index contributed by atoms with van der Waals surface area (Å²) in [5.74, 6) is 0.227. The van der Waals surface area contributed by atoms with Gasteiger partial charge in [-0.2, -0.15) is 18.2 Å². The number of alkyl halides is 3. The molecule has 0 spiro atoms. The Bertz CT molecular complexity index is 830. The number of fused-ring (bicyclic) bond motifs is 1. The van der Waals surface area contributed by atoms with Crippen LogP contribution in [0.1, 0.15) is 5.56 Å². The third kappa shape index (κ3) is 2.65. The lowest BCUT2D eigenvalue weighted by Gasteiger charge is -2.14. The van der Waals surface area contributed by atoms with Gasteiger partial charge in [-0.3, -0.25) is 0 Å². The Morgan fingerprint density at radius 2 is 1.59 bits per heavy atom. The third-order valence-corrected chi connectivity index (χ3v) is 3.11. The number of nitrogen functional groups attached to an aromatic ring is 1. The lowest BCUT2D eigenvalue weighted by atomic mass is 10.1. The molecule has 0 unspecified atom stereocenters. The molecule has 3 N–H and O–H groups in total. The first kappa shape index (κ1) is 14.1. The van der Waals surface area contributed by atoms with Crippen molar-refractivity contribution in [2.45, 2.75) is 6.18 Å². The van der Waals surface area contributed by atoms with Gasteiger partial charge in [0.2, 0.25) is 5.95 Å². The van der Waals surface area contributed by atoms with Crippen LogP contribution in [0, 0.1) is 0 Å². The highest BCUT2D eigenvalue weighted by Gasteiger charge is 2.33. The SMILES string of the molecule is Nc1nc(Nc2ccccc2C(F)(F)F)nc2ccccc12. The van der Waals surface area contributed by atoms with E-state index >= 15 is 0 Å². The van der Waals surface area contributed by atoms with E-state index in [9.17, 15) is 13.2 Å². The van der Waals surface area contributed by atoms with E-state index in [1.807, 2.05) is 0 Å². The Balaban J connectivity index is 2.04. The number of para-hydroxylation sites is 2. The van der Waals surface area contributed by atoms with Crippen molar-refractivity contribution >= 4 is 28.4 Å². The zero-order chi connectivity index (χ0) is 15.7. The Kier molecular flexibility index (Phi) is 3.32. The average Bonchev–Trinajstić information content (AvgIpc) is 2.47. The predicted molar refractivity (Wildman–Crippen MR) is 78.7 cm³/mol. The van der Waals surface area contributed by atoms with Crippen molar-refractivity contribution in [3.8, 4) is 0 Å². The first-order chi connectivity index (χ1) is 10.4. The van der Waals surface area contributed by atoms with E-state index in [2.05, 4.69) is 15.3 Å². The number of anilines is 3. The van der Waals surface area contributed by atoms with Crippen LogP contribution in [0.2, 0.25) is 0 Å². The number of hydrogen-bond acceptors (Lipinski definition) is 4. The monoisotopic (exact) mass is 304 g/mol. The fraction of sp³-hybridized carbons (Fsp3) is 0.0667. The summed E-state index contributed by atoms with van der Waals surface area (Å²) in [6.45, 7) is 0. The smallest absolute Gasteiger partial charge is 0.383 e. The third-order valence-electron chi connectivity index (χ3n) is 3.11. The summed E-state index contributed by atoms with van der Waals surface area (Å²) >= 11 is 0. The average molecular weight is 304 g/mol. The molecule has 3 rings (SSSR count). The number of benzene rings is 2. The number of rotatable bonds is 2. The topological polar surface area (TPSA) is 63.8 Å². The molecule has 4 nitrogen and oxygen atoms in total. The Hall–Kier alpha value is -2.83. The molecule has 112 valence electrons. The molecule has 0 aliphatic heterocycles. The summed E-state index contributed by atoms with van der Waals surface area (Å²) in [5.41, 5.74) is 5.47. The molecular formula is C15H11F3N4. The summed E-state index contributed by atoms with van der Waals surface area (Å²) in [4.78, 5) is 8.19. The van der Waals surface area contributed by atoms with Crippen molar-refractivity contribution in [1.29, 1.82) is 0 Å². The number of nitrogens with one attached hydrogen (secondary N) is 1. The van der Waals surface area contributed by atoms with Gasteiger partial charge in [0.25, 0.3) is 0 Å². The van der Waals surface area contributed by atoms with Crippen LogP contribution < -0.4 is 11.1 Å². The van der Waals surface area contributed by atoms with Gasteiger partial charge in [-0.1, -0.05) is 24.3 Å². The Morgan fingerprint density at radius 3 is 2.36 bits per heavy atom. The van der Waals surface area contributed by atoms with Crippen molar-refractivity contribution in [1.82, 2.24) is 9.97 Å². The standard InChI is InChI=1S/C15H11F3N4/c16-15(17,18)10-6-2-4-8-12(10)21-14-20-11-7-3-1-5-9(11)13(19)22-14/h1-8H,(H3,19,20,21,22). The second-order valence-electron chi connectivity index (χ2n) is 4.62. The maximum Gasteiger partial charge on any atom is 0.418 e. The fourth-order valence-electron chi connectivity index (χ4n) is 2.12. The van der Waals surface area contributed by atoms with E-state index in [0.717, 1.165) is 6.07 Å². The number of aromatic nitrogens is 2. The quantitative estimate of drug-likeness (QED) is 0.752. The van der Waals surface area contributed by atoms with E-state index in [-0.39, 0.29) is 17.5 Å². The van der Waals surface area contributed by atoms with Crippen LogP contribution in [0.25, 0.3) is 10.9 Å². The second kappa shape index (κ2) is 5.18. The van der Waals surface area contributed by atoms with Crippen molar-refractivity contribution in [3.05, 3.63) is 54.1 Å². The van der Waals surface area contributed by atoms with Gasteiger partial charge in [-0.05, 0) is 24.3 Å². The molecule has 0 bridgehead atoms. The molecule has 0 radical (unpaired) electrons. The molecule has 2 aromatic carbocycles. The highest BCUT2D eigenvalue weighted by atomic mass is 19.4. The normalized spacial score (nSPS) is 11.6. The molecule has 0 aliphatic rings. The van der Waals surface area contributed by atoms with E-state index in [1.165, 1.54) is 18.2 Å². The van der Waals surface area contributed by atoms with Gasteiger partial charge in [0.05, 0.1) is 16.8 Å².